The Hall–Kier alpha value is -2.44. The summed E-state index contributed by atoms with van der Waals surface area (Å²) in [5, 5.41) is 4.27. The van der Waals surface area contributed by atoms with Crippen LogP contribution in [0.3, 0.4) is 0 Å². The van der Waals surface area contributed by atoms with E-state index in [9.17, 15) is 9.59 Å². The van der Waals surface area contributed by atoms with E-state index in [1.165, 1.54) is 17.5 Å². The van der Waals surface area contributed by atoms with Gasteiger partial charge in [0.15, 0.2) is 5.82 Å². The number of hydrogen-bond donors (Lipinski definition) is 0. The maximum atomic E-state index is 12.5. The summed E-state index contributed by atoms with van der Waals surface area (Å²) in [6.07, 6.45) is 5.92. The average Bonchev–Trinajstić information content (AvgIpc) is 3.33. The van der Waals surface area contributed by atoms with Gasteiger partial charge in [-0.2, -0.15) is 5.10 Å². The minimum atomic E-state index is -0.0799. The van der Waals surface area contributed by atoms with Crippen molar-refractivity contribution in [2.75, 3.05) is 18.0 Å². The van der Waals surface area contributed by atoms with Crippen LogP contribution in [-0.2, 0) is 13.1 Å². The summed E-state index contributed by atoms with van der Waals surface area (Å²) in [7, 11) is 0. The summed E-state index contributed by atoms with van der Waals surface area (Å²) in [6.45, 7) is 4.73. The number of hydrogen-bond acceptors (Lipinski definition) is 5. The van der Waals surface area contributed by atoms with E-state index in [0.717, 1.165) is 25.3 Å². The minimum absolute atomic E-state index is 0.00584. The third kappa shape index (κ3) is 2.98. The largest absolute Gasteiger partial charge is 0.351 e. The first-order valence-electron chi connectivity index (χ1n) is 8.45. The molecule has 126 valence electrons. The van der Waals surface area contributed by atoms with E-state index in [-0.39, 0.29) is 11.1 Å². The van der Waals surface area contributed by atoms with Crippen molar-refractivity contribution in [2.45, 2.75) is 32.9 Å². The monoisotopic (exact) mass is 327 g/mol. The van der Waals surface area contributed by atoms with E-state index in [0.29, 0.717) is 24.2 Å². The zero-order valence-electron chi connectivity index (χ0n) is 13.8. The quantitative estimate of drug-likeness (QED) is 0.806. The van der Waals surface area contributed by atoms with Gasteiger partial charge in [0.25, 0.3) is 11.1 Å². The van der Waals surface area contributed by atoms with Gasteiger partial charge in [0, 0.05) is 44.0 Å². The van der Waals surface area contributed by atoms with Crippen LogP contribution in [0.4, 0.5) is 5.82 Å². The Balaban J connectivity index is 1.43. The molecular weight excluding hydrogens is 306 g/mol. The number of rotatable bonds is 5. The number of anilines is 1. The van der Waals surface area contributed by atoms with Crippen LogP contribution in [-0.4, -0.2) is 32.4 Å². The highest BCUT2D eigenvalue weighted by Gasteiger charge is 2.31. The van der Waals surface area contributed by atoms with Gasteiger partial charge >= 0.3 is 0 Å². The summed E-state index contributed by atoms with van der Waals surface area (Å²) < 4.78 is 3.29. The van der Waals surface area contributed by atoms with Gasteiger partial charge in [-0.3, -0.25) is 9.59 Å². The Morgan fingerprint density at radius 3 is 2.67 bits per heavy atom. The number of aryl methyl sites for hydroxylation is 1. The lowest BCUT2D eigenvalue weighted by atomic mass is 10.0. The zero-order valence-corrected chi connectivity index (χ0v) is 13.8. The lowest BCUT2D eigenvalue weighted by Gasteiger charge is -2.39. The first-order valence-corrected chi connectivity index (χ1v) is 8.45. The molecule has 3 heterocycles. The van der Waals surface area contributed by atoms with Gasteiger partial charge in [0.2, 0.25) is 0 Å². The molecule has 2 fully saturated rings. The van der Waals surface area contributed by atoms with Crippen LogP contribution >= 0.6 is 0 Å². The normalized spacial score (nSPS) is 17.8. The fourth-order valence-corrected chi connectivity index (χ4v) is 3.16. The molecule has 0 spiro atoms. The lowest BCUT2D eigenvalue weighted by Crippen LogP contribution is -2.52. The van der Waals surface area contributed by atoms with Gasteiger partial charge in [-0.1, -0.05) is 0 Å². The molecule has 1 saturated heterocycles. The van der Waals surface area contributed by atoms with Gasteiger partial charge in [0.05, 0.1) is 12.2 Å². The molecule has 24 heavy (non-hydrogen) atoms. The fourth-order valence-electron chi connectivity index (χ4n) is 3.16. The molecule has 0 amide bonds. The van der Waals surface area contributed by atoms with Crippen LogP contribution in [0.1, 0.15) is 18.5 Å². The molecule has 1 aliphatic carbocycles. The first-order chi connectivity index (χ1) is 11.6. The molecular formula is C17H21N5O2. The highest BCUT2D eigenvalue weighted by Crippen LogP contribution is 2.30. The topological polar surface area (TPSA) is 73.0 Å². The van der Waals surface area contributed by atoms with Crippen molar-refractivity contribution in [1.82, 2.24) is 19.3 Å². The molecule has 7 heteroatoms. The standard InChI is InChI=1S/C17H21N5O2/c1-12-2-5-15(23)22(19-12)11-14-9-21(10-14)16-17(24)20(7-6-18-16)8-13-3-4-13/h2,5-7,13-14H,3-4,8-11H2,1H3. The Labute approximate surface area is 139 Å². The Kier molecular flexibility index (Phi) is 3.70. The van der Waals surface area contributed by atoms with Crippen LogP contribution in [0.15, 0.2) is 34.1 Å². The Morgan fingerprint density at radius 2 is 1.92 bits per heavy atom. The second-order valence-electron chi connectivity index (χ2n) is 6.92. The predicted octanol–water partition coefficient (Wildman–Crippen LogP) is 0.655. The van der Waals surface area contributed by atoms with Crippen LogP contribution in [0, 0.1) is 18.8 Å². The maximum absolute atomic E-state index is 12.5. The van der Waals surface area contributed by atoms with E-state index in [4.69, 9.17) is 0 Å². The van der Waals surface area contributed by atoms with Crippen molar-refractivity contribution in [3.63, 3.8) is 0 Å². The third-order valence-corrected chi connectivity index (χ3v) is 4.74. The molecule has 0 N–H and O–H groups in total. The van der Waals surface area contributed by atoms with E-state index in [1.54, 1.807) is 29.1 Å². The van der Waals surface area contributed by atoms with Crippen molar-refractivity contribution in [2.24, 2.45) is 11.8 Å². The summed E-state index contributed by atoms with van der Waals surface area (Å²) in [5.74, 6) is 1.50. The molecule has 1 saturated carbocycles. The van der Waals surface area contributed by atoms with E-state index in [2.05, 4.69) is 10.1 Å². The molecule has 2 aliphatic rings. The molecule has 2 aromatic heterocycles. The van der Waals surface area contributed by atoms with Crippen molar-refractivity contribution in [3.05, 3.63) is 50.9 Å². The SMILES string of the molecule is Cc1ccc(=O)n(CC2CN(c3nccn(CC4CC4)c3=O)C2)n1. The minimum Gasteiger partial charge on any atom is -0.351 e. The second kappa shape index (κ2) is 5.89. The first kappa shape index (κ1) is 15.1. The van der Waals surface area contributed by atoms with E-state index >= 15 is 0 Å². The lowest BCUT2D eigenvalue weighted by molar-refractivity contribution is 0.330. The highest BCUT2D eigenvalue weighted by molar-refractivity contribution is 5.39. The molecule has 4 rings (SSSR count). The van der Waals surface area contributed by atoms with Gasteiger partial charge < -0.3 is 9.47 Å². The maximum Gasteiger partial charge on any atom is 0.293 e. The van der Waals surface area contributed by atoms with Crippen molar-refractivity contribution in [3.8, 4) is 0 Å². The fraction of sp³-hybridized carbons (Fsp3) is 0.529. The molecule has 0 unspecified atom stereocenters. The molecule has 0 bridgehead atoms. The number of nitrogens with zero attached hydrogens (tertiary/aromatic N) is 5. The second-order valence-corrected chi connectivity index (χ2v) is 6.92. The molecule has 7 nitrogen and oxygen atoms in total. The average molecular weight is 327 g/mol. The van der Waals surface area contributed by atoms with Crippen LogP contribution in [0.5, 0.6) is 0 Å². The van der Waals surface area contributed by atoms with Crippen LogP contribution in [0.2, 0.25) is 0 Å². The predicted molar refractivity (Wildman–Crippen MR) is 90.2 cm³/mol. The van der Waals surface area contributed by atoms with Gasteiger partial charge in [-0.25, -0.2) is 9.67 Å². The molecule has 0 aromatic carbocycles. The number of aromatic nitrogens is 4. The van der Waals surface area contributed by atoms with E-state index in [1.807, 2.05) is 11.8 Å². The zero-order chi connectivity index (χ0) is 16.7. The third-order valence-electron chi connectivity index (χ3n) is 4.74. The summed E-state index contributed by atoms with van der Waals surface area (Å²) in [5.41, 5.74) is 0.746. The highest BCUT2D eigenvalue weighted by atomic mass is 16.1. The van der Waals surface area contributed by atoms with Crippen LogP contribution in [0.25, 0.3) is 0 Å². The Morgan fingerprint density at radius 1 is 1.12 bits per heavy atom. The molecule has 0 radical (unpaired) electrons. The smallest absolute Gasteiger partial charge is 0.293 e. The summed E-state index contributed by atoms with van der Waals surface area (Å²) in [6, 6.07) is 3.27. The summed E-state index contributed by atoms with van der Waals surface area (Å²) >= 11 is 0. The van der Waals surface area contributed by atoms with Crippen LogP contribution < -0.4 is 16.0 Å². The summed E-state index contributed by atoms with van der Waals surface area (Å²) in [4.78, 5) is 30.6. The van der Waals surface area contributed by atoms with Crippen molar-refractivity contribution >= 4 is 5.82 Å². The molecule has 1 aliphatic heterocycles. The van der Waals surface area contributed by atoms with Gasteiger partial charge in [-0.05, 0) is 31.7 Å². The van der Waals surface area contributed by atoms with Crippen molar-refractivity contribution < 1.29 is 0 Å². The van der Waals surface area contributed by atoms with Gasteiger partial charge in [0.1, 0.15) is 0 Å². The molecule has 0 atom stereocenters. The van der Waals surface area contributed by atoms with Crippen molar-refractivity contribution in [1.29, 1.82) is 0 Å². The molecule has 2 aromatic rings. The Bertz CT molecular complexity index is 862. The van der Waals surface area contributed by atoms with E-state index < -0.39 is 0 Å². The van der Waals surface area contributed by atoms with Gasteiger partial charge in [-0.15, -0.1) is 0 Å².